The number of likely N-dealkylation sites (N-methyl/N-ethyl adjacent to an activating group) is 1. The van der Waals surface area contributed by atoms with Crippen LogP contribution in [0.2, 0.25) is 0 Å². The van der Waals surface area contributed by atoms with E-state index in [1.807, 2.05) is 0 Å². The van der Waals surface area contributed by atoms with Crippen LogP contribution in [-0.2, 0) is 14.8 Å². The van der Waals surface area contributed by atoms with Gasteiger partial charge >= 0.3 is 0 Å². The second-order valence-electron chi connectivity index (χ2n) is 6.46. The molecular weight excluding hydrogens is 398 g/mol. The third kappa shape index (κ3) is 4.96. The molecule has 154 valence electrons. The molecule has 0 fully saturated rings. The third-order valence-corrected chi connectivity index (χ3v) is 5.48. The molecule has 0 unspecified atom stereocenters. The van der Waals surface area contributed by atoms with E-state index >= 15 is 0 Å². The molecular formula is C19H21N3O6S. The lowest BCUT2D eigenvalue weighted by Gasteiger charge is -2.19. The number of nitrogens with one attached hydrogen (secondary N) is 2. The summed E-state index contributed by atoms with van der Waals surface area (Å²) >= 11 is 0. The molecule has 2 N–H and O–H groups in total. The predicted octanol–water partition coefficient (Wildman–Crippen LogP) is 1.08. The summed E-state index contributed by atoms with van der Waals surface area (Å²) in [5, 5.41) is 2.50. The number of carbonyl (C=O) groups excluding carboxylic acids is 2. The van der Waals surface area contributed by atoms with Gasteiger partial charge in [-0.05, 0) is 30.3 Å². The average Bonchev–Trinajstić information content (AvgIpc) is 2.71. The van der Waals surface area contributed by atoms with Gasteiger partial charge in [-0.2, -0.15) is 0 Å². The SMILES string of the molecule is CN(C)C(=O)CNC(=O)c1cccc(NS(=O)(=O)c2ccc3c(c2)OCCO3)c1. The van der Waals surface area contributed by atoms with Crippen molar-refractivity contribution in [1.82, 2.24) is 10.2 Å². The van der Waals surface area contributed by atoms with E-state index in [0.717, 1.165) is 0 Å². The largest absolute Gasteiger partial charge is 0.486 e. The van der Waals surface area contributed by atoms with Crippen molar-refractivity contribution in [3.8, 4) is 11.5 Å². The summed E-state index contributed by atoms with van der Waals surface area (Å²) in [6.07, 6.45) is 0. The zero-order chi connectivity index (χ0) is 21.0. The van der Waals surface area contributed by atoms with Gasteiger partial charge in [0.1, 0.15) is 13.2 Å². The van der Waals surface area contributed by atoms with E-state index in [0.29, 0.717) is 24.7 Å². The number of fused-ring (bicyclic) bond motifs is 1. The van der Waals surface area contributed by atoms with E-state index in [4.69, 9.17) is 9.47 Å². The molecule has 2 aromatic rings. The Morgan fingerprint density at radius 3 is 2.48 bits per heavy atom. The summed E-state index contributed by atoms with van der Waals surface area (Å²) in [4.78, 5) is 25.2. The van der Waals surface area contributed by atoms with Gasteiger partial charge in [-0.15, -0.1) is 0 Å². The first-order valence-electron chi connectivity index (χ1n) is 8.77. The Bertz CT molecular complexity index is 1040. The maximum Gasteiger partial charge on any atom is 0.262 e. The number of nitrogens with zero attached hydrogens (tertiary/aromatic N) is 1. The van der Waals surface area contributed by atoms with Crippen molar-refractivity contribution in [1.29, 1.82) is 0 Å². The zero-order valence-corrected chi connectivity index (χ0v) is 16.8. The molecule has 2 amide bonds. The normalized spacial score (nSPS) is 12.8. The van der Waals surface area contributed by atoms with Crippen LogP contribution in [0.5, 0.6) is 11.5 Å². The summed E-state index contributed by atoms with van der Waals surface area (Å²) < 4.78 is 38.7. The van der Waals surface area contributed by atoms with E-state index in [9.17, 15) is 18.0 Å². The fourth-order valence-electron chi connectivity index (χ4n) is 2.54. The summed E-state index contributed by atoms with van der Waals surface area (Å²) in [6, 6.07) is 10.3. The number of rotatable bonds is 6. The highest BCUT2D eigenvalue weighted by Gasteiger charge is 2.20. The monoisotopic (exact) mass is 419 g/mol. The van der Waals surface area contributed by atoms with Crippen LogP contribution in [0.4, 0.5) is 5.69 Å². The molecule has 10 heteroatoms. The standard InChI is InChI=1S/C19H21N3O6S/c1-22(2)18(23)12-20-19(24)13-4-3-5-14(10-13)21-29(25,26)15-6-7-16-17(11-15)28-9-8-27-16/h3-7,10-11,21H,8-9,12H2,1-2H3,(H,20,24). The quantitative estimate of drug-likeness (QED) is 0.724. The van der Waals surface area contributed by atoms with E-state index in [1.165, 1.54) is 41.3 Å². The summed E-state index contributed by atoms with van der Waals surface area (Å²) in [5.74, 6) is 0.105. The number of amides is 2. The minimum atomic E-state index is -3.90. The molecule has 0 atom stereocenters. The molecule has 0 spiro atoms. The van der Waals surface area contributed by atoms with Gasteiger partial charge < -0.3 is 19.7 Å². The van der Waals surface area contributed by atoms with Crippen molar-refractivity contribution < 1.29 is 27.5 Å². The second kappa shape index (κ2) is 8.39. The van der Waals surface area contributed by atoms with Crippen LogP contribution in [-0.4, -0.2) is 59.0 Å². The maximum atomic E-state index is 12.7. The van der Waals surface area contributed by atoms with Crippen molar-refractivity contribution in [2.75, 3.05) is 38.6 Å². The van der Waals surface area contributed by atoms with E-state index in [2.05, 4.69) is 10.0 Å². The molecule has 1 heterocycles. The van der Waals surface area contributed by atoms with Crippen molar-refractivity contribution in [2.24, 2.45) is 0 Å². The van der Waals surface area contributed by atoms with Crippen molar-refractivity contribution in [2.45, 2.75) is 4.90 Å². The lowest BCUT2D eigenvalue weighted by atomic mass is 10.2. The predicted molar refractivity (Wildman–Crippen MR) is 106 cm³/mol. The number of carbonyl (C=O) groups is 2. The summed E-state index contributed by atoms with van der Waals surface area (Å²) in [6.45, 7) is 0.600. The first-order chi connectivity index (χ1) is 13.8. The molecule has 0 bridgehead atoms. The van der Waals surface area contributed by atoms with Gasteiger partial charge in [-0.1, -0.05) is 6.07 Å². The first-order valence-corrected chi connectivity index (χ1v) is 10.3. The lowest BCUT2D eigenvalue weighted by Crippen LogP contribution is -2.36. The fraction of sp³-hybridized carbons (Fsp3) is 0.263. The van der Waals surface area contributed by atoms with Gasteiger partial charge in [-0.3, -0.25) is 14.3 Å². The highest BCUT2D eigenvalue weighted by atomic mass is 32.2. The van der Waals surface area contributed by atoms with Crippen molar-refractivity contribution >= 4 is 27.5 Å². The number of benzene rings is 2. The summed E-state index contributed by atoms with van der Waals surface area (Å²) in [7, 11) is -0.734. The average molecular weight is 419 g/mol. The number of anilines is 1. The van der Waals surface area contributed by atoms with Gasteiger partial charge in [-0.25, -0.2) is 8.42 Å². The highest BCUT2D eigenvalue weighted by molar-refractivity contribution is 7.92. The van der Waals surface area contributed by atoms with E-state index < -0.39 is 15.9 Å². The molecule has 0 radical (unpaired) electrons. The van der Waals surface area contributed by atoms with Crippen LogP contribution >= 0.6 is 0 Å². The second-order valence-corrected chi connectivity index (χ2v) is 8.15. The number of hydrogen-bond donors (Lipinski definition) is 2. The van der Waals surface area contributed by atoms with Gasteiger partial charge in [0.15, 0.2) is 11.5 Å². The van der Waals surface area contributed by atoms with Crippen molar-refractivity contribution in [3.05, 3.63) is 48.0 Å². The molecule has 0 aliphatic carbocycles. The van der Waals surface area contributed by atoms with Crippen LogP contribution in [0.15, 0.2) is 47.4 Å². The van der Waals surface area contributed by atoms with E-state index in [1.54, 1.807) is 20.2 Å². The molecule has 0 saturated heterocycles. The Labute approximate surface area is 168 Å². The van der Waals surface area contributed by atoms with E-state index in [-0.39, 0.29) is 28.6 Å². The lowest BCUT2D eigenvalue weighted by molar-refractivity contribution is -0.127. The van der Waals surface area contributed by atoms with Crippen LogP contribution in [0.25, 0.3) is 0 Å². The molecule has 2 aromatic carbocycles. The highest BCUT2D eigenvalue weighted by Crippen LogP contribution is 2.32. The smallest absolute Gasteiger partial charge is 0.262 e. The van der Waals surface area contributed by atoms with Crippen LogP contribution in [0.1, 0.15) is 10.4 Å². The van der Waals surface area contributed by atoms with Crippen LogP contribution in [0.3, 0.4) is 0 Å². The molecule has 0 aromatic heterocycles. The maximum absolute atomic E-state index is 12.7. The van der Waals surface area contributed by atoms with Gasteiger partial charge in [0.25, 0.3) is 15.9 Å². The minimum absolute atomic E-state index is 0.00758. The molecule has 1 aliphatic rings. The Morgan fingerprint density at radius 1 is 1.03 bits per heavy atom. The zero-order valence-electron chi connectivity index (χ0n) is 16.0. The Hall–Kier alpha value is -3.27. The van der Waals surface area contributed by atoms with Gasteiger partial charge in [0.2, 0.25) is 5.91 Å². The molecule has 9 nitrogen and oxygen atoms in total. The molecule has 3 rings (SSSR count). The van der Waals surface area contributed by atoms with Gasteiger partial charge in [0.05, 0.1) is 11.4 Å². The van der Waals surface area contributed by atoms with Crippen LogP contribution < -0.4 is 19.5 Å². The number of ether oxygens (including phenoxy) is 2. The molecule has 29 heavy (non-hydrogen) atoms. The van der Waals surface area contributed by atoms with Crippen LogP contribution in [0, 0.1) is 0 Å². The number of hydrogen-bond acceptors (Lipinski definition) is 6. The molecule has 0 saturated carbocycles. The summed E-state index contributed by atoms with van der Waals surface area (Å²) in [5.41, 5.74) is 0.436. The van der Waals surface area contributed by atoms with Gasteiger partial charge in [0, 0.05) is 31.4 Å². The molecule has 1 aliphatic heterocycles. The first kappa shape index (κ1) is 20.5. The Balaban J connectivity index is 1.74. The number of sulfonamides is 1. The minimum Gasteiger partial charge on any atom is -0.486 e. The third-order valence-electron chi connectivity index (χ3n) is 4.10. The fourth-order valence-corrected chi connectivity index (χ4v) is 3.61. The topological polar surface area (TPSA) is 114 Å². The Kier molecular flexibility index (Phi) is 5.92. The Morgan fingerprint density at radius 2 is 1.76 bits per heavy atom. The van der Waals surface area contributed by atoms with Crippen molar-refractivity contribution in [3.63, 3.8) is 0 Å².